The summed E-state index contributed by atoms with van der Waals surface area (Å²) in [5.41, 5.74) is 1.91. The van der Waals surface area contributed by atoms with Crippen molar-refractivity contribution in [2.45, 2.75) is 25.8 Å². The third-order valence-electron chi connectivity index (χ3n) is 6.15. The lowest BCUT2D eigenvalue weighted by molar-refractivity contribution is 0.0971. The van der Waals surface area contributed by atoms with E-state index in [0.29, 0.717) is 34.6 Å². The number of amides is 1. The molecule has 1 atom stereocenters. The van der Waals surface area contributed by atoms with Gasteiger partial charge in [-0.1, -0.05) is 41.4 Å². The maximum absolute atomic E-state index is 13.7. The van der Waals surface area contributed by atoms with Crippen molar-refractivity contribution in [1.82, 2.24) is 0 Å². The first-order valence-electron chi connectivity index (χ1n) is 11.5. The Labute approximate surface area is 211 Å². The van der Waals surface area contributed by atoms with Gasteiger partial charge in [-0.05, 0) is 66.6 Å². The molecule has 0 N–H and O–H groups in total. The zero-order valence-electron chi connectivity index (χ0n) is 19.4. The van der Waals surface area contributed by atoms with Crippen LogP contribution < -0.4 is 19.8 Å². The van der Waals surface area contributed by atoms with Crippen LogP contribution in [0.5, 0.6) is 11.5 Å². The average Bonchev–Trinajstić information content (AvgIpc) is 3.17. The molecule has 0 fully saturated rings. The van der Waals surface area contributed by atoms with E-state index in [-0.39, 0.29) is 17.1 Å². The van der Waals surface area contributed by atoms with Gasteiger partial charge in [0.25, 0.3) is 5.91 Å². The molecule has 0 spiro atoms. The summed E-state index contributed by atoms with van der Waals surface area (Å²) in [5.74, 6) is 1.12. The van der Waals surface area contributed by atoms with Crippen LogP contribution in [-0.2, 0) is 0 Å². The lowest BCUT2D eigenvalue weighted by atomic mass is 9.98. The highest BCUT2D eigenvalue weighted by Gasteiger charge is 2.43. The first-order chi connectivity index (χ1) is 17.0. The molecule has 0 saturated carbocycles. The van der Waals surface area contributed by atoms with Gasteiger partial charge < -0.3 is 13.9 Å². The van der Waals surface area contributed by atoms with Crippen LogP contribution in [0.15, 0.2) is 80.4 Å². The normalized spacial score (nSPS) is 14.9. The highest BCUT2D eigenvalue weighted by atomic mass is 79.9. The van der Waals surface area contributed by atoms with Gasteiger partial charge in [-0.25, -0.2) is 0 Å². The molecule has 5 rings (SSSR count). The van der Waals surface area contributed by atoms with Crippen molar-refractivity contribution in [3.8, 4) is 11.5 Å². The summed E-state index contributed by atoms with van der Waals surface area (Å²) >= 11 is 3.43. The molecular formula is C28H24BrNO5. The predicted molar refractivity (Wildman–Crippen MR) is 139 cm³/mol. The third kappa shape index (κ3) is 4.21. The summed E-state index contributed by atoms with van der Waals surface area (Å²) in [6, 6.07) is 19.3. The van der Waals surface area contributed by atoms with E-state index in [1.807, 2.05) is 24.3 Å². The molecule has 2 heterocycles. The van der Waals surface area contributed by atoms with Gasteiger partial charge in [0, 0.05) is 10.2 Å². The molecule has 1 amide bonds. The van der Waals surface area contributed by atoms with Crippen LogP contribution in [0.3, 0.4) is 0 Å². The van der Waals surface area contributed by atoms with Crippen LogP contribution in [0.4, 0.5) is 5.69 Å². The molecule has 0 bridgehead atoms. The van der Waals surface area contributed by atoms with E-state index in [4.69, 9.17) is 13.9 Å². The molecule has 3 aromatic carbocycles. The van der Waals surface area contributed by atoms with Gasteiger partial charge in [-0.3, -0.25) is 14.5 Å². The second-order valence-corrected chi connectivity index (χ2v) is 9.28. The Hall–Kier alpha value is -3.58. The van der Waals surface area contributed by atoms with Gasteiger partial charge >= 0.3 is 0 Å². The van der Waals surface area contributed by atoms with Crippen LogP contribution in [0.2, 0.25) is 0 Å². The standard InChI is InChI=1S/C28H24BrNO5/c1-3-4-15-34-21-10-5-17(6-11-21)25-24-26(31)22-16-18(29)7-14-23(22)35-27(24)28(32)30(25)19-8-12-20(33-2)13-9-19/h5-14,16,25H,3-4,15H2,1-2H3. The highest BCUT2D eigenvalue weighted by Crippen LogP contribution is 2.42. The molecule has 6 nitrogen and oxygen atoms in total. The number of nitrogens with zero attached hydrogens (tertiary/aromatic N) is 1. The summed E-state index contributed by atoms with van der Waals surface area (Å²) < 4.78 is 17.9. The molecule has 35 heavy (non-hydrogen) atoms. The van der Waals surface area contributed by atoms with Gasteiger partial charge in [0.2, 0.25) is 5.76 Å². The number of methoxy groups -OCH3 is 1. The molecule has 4 aromatic rings. The predicted octanol–water partition coefficient (Wildman–Crippen LogP) is 6.49. The van der Waals surface area contributed by atoms with Gasteiger partial charge in [-0.15, -0.1) is 0 Å². The maximum atomic E-state index is 13.7. The Kier molecular flexibility index (Phi) is 6.34. The zero-order chi connectivity index (χ0) is 24.5. The van der Waals surface area contributed by atoms with Crippen molar-refractivity contribution < 1.29 is 18.7 Å². The van der Waals surface area contributed by atoms with E-state index in [2.05, 4.69) is 22.9 Å². The van der Waals surface area contributed by atoms with Crippen LogP contribution in [0.1, 0.15) is 47.5 Å². The van der Waals surface area contributed by atoms with Crippen LogP contribution in [0, 0.1) is 0 Å². The number of unbranched alkanes of at least 4 members (excludes halogenated alkanes) is 1. The monoisotopic (exact) mass is 533 g/mol. The largest absolute Gasteiger partial charge is 0.497 e. The Balaban J connectivity index is 1.66. The summed E-state index contributed by atoms with van der Waals surface area (Å²) in [6.07, 6.45) is 2.02. The minimum Gasteiger partial charge on any atom is -0.497 e. The molecule has 178 valence electrons. The second-order valence-electron chi connectivity index (χ2n) is 8.36. The quantitative estimate of drug-likeness (QED) is 0.254. The fourth-order valence-electron chi connectivity index (χ4n) is 4.35. The van der Waals surface area contributed by atoms with Crippen molar-refractivity contribution >= 4 is 38.5 Å². The molecule has 0 saturated heterocycles. The van der Waals surface area contributed by atoms with Crippen LogP contribution >= 0.6 is 15.9 Å². The third-order valence-corrected chi connectivity index (χ3v) is 6.64. The zero-order valence-corrected chi connectivity index (χ0v) is 21.0. The molecule has 1 aromatic heterocycles. The van der Waals surface area contributed by atoms with E-state index in [9.17, 15) is 9.59 Å². The summed E-state index contributed by atoms with van der Waals surface area (Å²) in [4.78, 5) is 29.0. The number of carbonyl (C=O) groups is 1. The van der Waals surface area contributed by atoms with Gasteiger partial charge in [0.05, 0.1) is 30.7 Å². The van der Waals surface area contributed by atoms with E-state index < -0.39 is 6.04 Å². The van der Waals surface area contributed by atoms with Crippen molar-refractivity contribution in [2.24, 2.45) is 0 Å². The molecule has 1 aliphatic heterocycles. The Morgan fingerprint density at radius 1 is 0.971 bits per heavy atom. The fraction of sp³-hybridized carbons (Fsp3) is 0.214. The maximum Gasteiger partial charge on any atom is 0.295 e. The topological polar surface area (TPSA) is 69.0 Å². The van der Waals surface area contributed by atoms with Gasteiger partial charge in [-0.2, -0.15) is 0 Å². The number of fused-ring (bicyclic) bond motifs is 2. The molecular weight excluding hydrogens is 510 g/mol. The van der Waals surface area contributed by atoms with E-state index in [1.165, 1.54) is 0 Å². The molecule has 1 aliphatic rings. The van der Waals surface area contributed by atoms with Crippen molar-refractivity contribution in [3.05, 3.63) is 98.3 Å². The first-order valence-corrected chi connectivity index (χ1v) is 12.3. The van der Waals surface area contributed by atoms with Crippen molar-refractivity contribution in [1.29, 1.82) is 0 Å². The van der Waals surface area contributed by atoms with Crippen molar-refractivity contribution in [2.75, 3.05) is 18.6 Å². The van der Waals surface area contributed by atoms with Gasteiger partial charge in [0.1, 0.15) is 17.1 Å². The number of carbonyl (C=O) groups excluding carboxylic acids is 1. The highest BCUT2D eigenvalue weighted by molar-refractivity contribution is 9.10. The lowest BCUT2D eigenvalue weighted by Gasteiger charge is -2.25. The minimum atomic E-state index is -0.643. The summed E-state index contributed by atoms with van der Waals surface area (Å²) in [6.45, 7) is 2.76. The molecule has 0 radical (unpaired) electrons. The Morgan fingerprint density at radius 2 is 1.69 bits per heavy atom. The fourth-order valence-corrected chi connectivity index (χ4v) is 4.71. The molecule has 1 unspecified atom stereocenters. The van der Waals surface area contributed by atoms with E-state index in [0.717, 1.165) is 28.6 Å². The van der Waals surface area contributed by atoms with Crippen molar-refractivity contribution in [3.63, 3.8) is 0 Å². The van der Waals surface area contributed by atoms with Gasteiger partial charge in [0.15, 0.2) is 5.43 Å². The van der Waals surface area contributed by atoms with E-state index >= 15 is 0 Å². The first kappa shape index (κ1) is 23.2. The number of ether oxygens (including phenoxy) is 2. The number of hydrogen-bond acceptors (Lipinski definition) is 5. The number of anilines is 1. The number of halogens is 1. The van der Waals surface area contributed by atoms with Crippen LogP contribution in [-0.4, -0.2) is 19.6 Å². The Bertz CT molecular complexity index is 1440. The number of benzene rings is 3. The minimum absolute atomic E-state index is 0.0638. The summed E-state index contributed by atoms with van der Waals surface area (Å²) in [5, 5.41) is 0.423. The SMILES string of the molecule is CCCCOc1ccc(C2c3c(oc4ccc(Br)cc4c3=O)C(=O)N2c2ccc(OC)cc2)cc1. The summed E-state index contributed by atoms with van der Waals surface area (Å²) in [7, 11) is 1.59. The average molecular weight is 534 g/mol. The number of rotatable bonds is 7. The number of hydrogen-bond donors (Lipinski definition) is 0. The molecule has 7 heteroatoms. The van der Waals surface area contributed by atoms with Crippen LogP contribution in [0.25, 0.3) is 11.0 Å². The second kappa shape index (κ2) is 9.58. The molecule has 0 aliphatic carbocycles. The van der Waals surface area contributed by atoms with E-state index in [1.54, 1.807) is 54.5 Å². The Morgan fingerprint density at radius 3 is 2.37 bits per heavy atom. The lowest BCUT2D eigenvalue weighted by Crippen LogP contribution is -2.29. The smallest absolute Gasteiger partial charge is 0.295 e.